The van der Waals surface area contributed by atoms with Gasteiger partial charge in [0.25, 0.3) is 0 Å². The summed E-state index contributed by atoms with van der Waals surface area (Å²) in [5, 5.41) is 0.831. The molecule has 4 aromatic rings. The summed E-state index contributed by atoms with van der Waals surface area (Å²) in [6.07, 6.45) is 5.14. The molecule has 122 valence electrons. The van der Waals surface area contributed by atoms with Gasteiger partial charge in [0.15, 0.2) is 0 Å². The molecule has 5 nitrogen and oxygen atoms in total. The molecule has 0 aliphatic rings. The van der Waals surface area contributed by atoms with Crippen molar-refractivity contribution in [3.63, 3.8) is 0 Å². The number of aromatic nitrogens is 2. The summed E-state index contributed by atoms with van der Waals surface area (Å²) < 4.78 is 11.1. The van der Waals surface area contributed by atoms with E-state index in [-0.39, 0.29) is 0 Å². The molecule has 4 rings (SSSR count). The standard InChI is InChI=1S/C20H14N2O3/c23-20-11-18(14-4-3-8-21-12-14)17-7-6-16(10-19(17)25-20)24-13-15-5-1-2-9-22-15/h1-12H,13H2. The summed E-state index contributed by atoms with van der Waals surface area (Å²) in [5.41, 5.74) is 2.55. The van der Waals surface area contributed by atoms with Crippen molar-refractivity contribution in [3.05, 3.63) is 89.3 Å². The molecule has 0 aliphatic heterocycles. The van der Waals surface area contributed by atoms with E-state index in [4.69, 9.17) is 9.15 Å². The maximum absolute atomic E-state index is 11.9. The van der Waals surface area contributed by atoms with Crippen LogP contribution in [0.5, 0.6) is 5.75 Å². The van der Waals surface area contributed by atoms with Gasteiger partial charge in [0, 0.05) is 47.2 Å². The Bertz CT molecular complexity index is 1060. The molecule has 0 N–H and O–H groups in total. The summed E-state index contributed by atoms with van der Waals surface area (Å²) in [6, 6.07) is 16.3. The van der Waals surface area contributed by atoms with Gasteiger partial charge < -0.3 is 9.15 Å². The van der Waals surface area contributed by atoms with Gasteiger partial charge in [-0.3, -0.25) is 9.97 Å². The van der Waals surface area contributed by atoms with Crippen LogP contribution in [0.1, 0.15) is 5.69 Å². The van der Waals surface area contributed by atoms with Crippen molar-refractivity contribution in [3.8, 4) is 16.9 Å². The van der Waals surface area contributed by atoms with Crippen LogP contribution in [0.4, 0.5) is 0 Å². The third-order valence-electron chi connectivity index (χ3n) is 3.80. The van der Waals surface area contributed by atoms with Crippen LogP contribution in [-0.2, 0) is 6.61 Å². The molecule has 0 atom stereocenters. The number of pyridine rings is 2. The lowest BCUT2D eigenvalue weighted by Gasteiger charge is -2.08. The number of hydrogen-bond acceptors (Lipinski definition) is 5. The molecule has 5 heteroatoms. The van der Waals surface area contributed by atoms with Crippen LogP contribution < -0.4 is 10.4 Å². The Kier molecular flexibility index (Phi) is 3.96. The van der Waals surface area contributed by atoms with Crippen LogP contribution in [0.15, 0.2) is 82.4 Å². The first-order chi connectivity index (χ1) is 12.3. The molecule has 0 saturated carbocycles. The second-order valence-electron chi connectivity index (χ2n) is 5.49. The highest BCUT2D eigenvalue weighted by Crippen LogP contribution is 2.29. The van der Waals surface area contributed by atoms with Crippen molar-refractivity contribution in [2.24, 2.45) is 0 Å². The predicted octanol–water partition coefficient (Wildman–Crippen LogP) is 3.83. The first kappa shape index (κ1) is 15.1. The molecule has 0 fully saturated rings. The molecular formula is C20H14N2O3. The fourth-order valence-electron chi connectivity index (χ4n) is 2.63. The van der Waals surface area contributed by atoms with Crippen molar-refractivity contribution in [1.82, 2.24) is 9.97 Å². The van der Waals surface area contributed by atoms with E-state index >= 15 is 0 Å². The SMILES string of the molecule is O=c1cc(-c2cccnc2)c2ccc(OCc3ccccn3)cc2o1. The highest BCUT2D eigenvalue weighted by atomic mass is 16.5. The van der Waals surface area contributed by atoms with Gasteiger partial charge in [0.05, 0.1) is 5.69 Å². The summed E-state index contributed by atoms with van der Waals surface area (Å²) in [4.78, 5) is 20.3. The number of benzene rings is 1. The molecule has 0 spiro atoms. The number of fused-ring (bicyclic) bond motifs is 1. The lowest BCUT2D eigenvalue weighted by Crippen LogP contribution is -2.00. The fourth-order valence-corrected chi connectivity index (χ4v) is 2.63. The number of hydrogen-bond donors (Lipinski definition) is 0. The highest BCUT2D eigenvalue weighted by molar-refractivity contribution is 5.93. The molecular weight excluding hydrogens is 316 g/mol. The zero-order chi connectivity index (χ0) is 17.1. The minimum Gasteiger partial charge on any atom is -0.487 e. The van der Waals surface area contributed by atoms with Gasteiger partial charge in [0.1, 0.15) is 17.9 Å². The Morgan fingerprint density at radius 1 is 1.00 bits per heavy atom. The molecule has 0 unspecified atom stereocenters. The topological polar surface area (TPSA) is 65.2 Å². The van der Waals surface area contributed by atoms with Crippen LogP contribution >= 0.6 is 0 Å². The van der Waals surface area contributed by atoms with E-state index in [1.165, 1.54) is 6.07 Å². The van der Waals surface area contributed by atoms with Crippen molar-refractivity contribution in [2.45, 2.75) is 6.61 Å². The Balaban J connectivity index is 1.70. The van der Waals surface area contributed by atoms with E-state index in [1.54, 1.807) is 24.7 Å². The third-order valence-corrected chi connectivity index (χ3v) is 3.80. The summed E-state index contributed by atoms with van der Waals surface area (Å²) in [5.74, 6) is 0.615. The molecule has 3 heterocycles. The van der Waals surface area contributed by atoms with Gasteiger partial charge in [-0.15, -0.1) is 0 Å². The van der Waals surface area contributed by atoms with Crippen molar-refractivity contribution in [1.29, 1.82) is 0 Å². The van der Waals surface area contributed by atoms with E-state index in [9.17, 15) is 4.79 Å². The Labute approximate surface area is 143 Å². The van der Waals surface area contributed by atoms with Gasteiger partial charge in [-0.1, -0.05) is 12.1 Å². The zero-order valence-corrected chi connectivity index (χ0v) is 13.3. The maximum Gasteiger partial charge on any atom is 0.336 e. The molecule has 0 bridgehead atoms. The van der Waals surface area contributed by atoms with Gasteiger partial charge in [-0.2, -0.15) is 0 Å². The van der Waals surface area contributed by atoms with E-state index in [1.807, 2.05) is 42.5 Å². The second-order valence-corrected chi connectivity index (χ2v) is 5.49. The number of ether oxygens (including phenoxy) is 1. The Morgan fingerprint density at radius 3 is 2.76 bits per heavy atom. The van der Waals surface area contributed by atoms with Gasteiger partial charge >= 0.3 is 5.63 Å². The highest BCUT2D eigenvalue weighted by Gasteiger charge is 2.09. The second kappa shape index (κ2) is 6.57. The van der Waals surface area contributed by atoms with Crippen molar-refractivity contribution < 1.29 is 9.15 Å². The minimum atomic E-state index is -0.409. The van der Waals surface area contributed by atoms with E-state index in [2.05, 4.69) is 9.97 Å². The van der Waals surface area contributed by atoms with Crippen LogP contribution in [0.25, 0.3) is 22.1 Å². The molecule has 0 amide bonds. The number of rotatable bonds is 4. The van der Waals surface area contributed by atoms with E-state index in [0.717, 1.165) is 22.2 Å². The summed E-state index contributed by atoms with van der Waals surface area (Å²) >= 11 is 0. The molecule has 0 aliphatic carbocycles. The summed E-state index contributed by atoms with van der Waals surface area (Å²) in [6.45, 7) is 0.346. The number of nitrogens with zero attached hydrogens (tertiary/aromatic N) is 2. The minimum absolute atomic E-state index is 0.346. The maximum atomic E-state index is 11.9. The first-order valence-electron chi connectivity index (χ1n) is 7.81. The normalized spacial score (nSPS) is 10.7. The summed E-state index contributed by atoms with van der Waals surface area (Å²) in [7, 11) is 0. The van der Waals surface area contributed by atoms with E-state index in [0.29, 0.717) is 17.9 Å². The largest absolute Gasteiger partial charge is 0.487 e. The molecule has 0 radical (unpaired) electrons. The quantitative estimate of drug-likeness (QED) is 0.532. The smallest absolute Gasteiger partial charge is 0.336 e. The first-order valence-corrected chi connectivity index (χ1v) is 7.81. The molecule has 0 saturated heterocycles. The van der Waals surface area contributed by atoms with Crippen LogP contribution in [0.3, 0.4) is 0 Å². The monoisotopic (exact) mass is 330 g/mol. The molecule has 25 heavy (non-hydrogen) atoms. The Morgan fingerprint density at radius 2 is 1.96 bits per heavy atom. The van der Waals surface area contributed by atoms with Crippen LogP contribution in [-0.4, -0.2) is 9.97 Å². The van der Waals surface area contributed by atoms with E-state index < -0.39 is 5.63 Å². The van der Waals surface area contributed by atoms with Gasteiger partial charge in [-0.05, 0) is 30.3 Å². The molecule has 1 aromatic carbocycles. The van der Waals surface area contributed by atoms with Crippen molar-refractivity contribution >= 4 is 11.0 Å². The van der Waals surface area contributed by atoms with Gasteiger partial charge in [-0.25, -0.2) is 4.79 Å². The average Bonchev–Trinajstić information content (AvgIpc) is 2.67. The molecule has 3 aromatic heterocycles. The Hall–Kier alpha value is -3.47. The van der Waals surface area contributed by atoms with Gasteiger partial charge in [0.2, 0.25) is 0 Å². The van der Waals surface area contributed by atoms with Crippen LogP contribution in [0.2, 0.25) is 0 Å². The lowest BCUT2D eigenvalue weighted by molar-refractivity contribution is 0.301. The third kappa shape index (κ3) is 3.26. The lowest BCUT2D eigenvalue weighted by atomic mass is 10.0. The fraction of sp³-hybridized carbons (Fsp3) is 0.0500. The van der Waals surface area contributed by atoms with Crippen LogP contribution in [0, 0.1) is 0 Å². The van der Waals surface area contributed by atoms with Crippen molar-refractivity contribution in [2.75, 3.05) is 0 Å². The average molecular weight is 330 g/mol. The predicted molar refractivity (Wildman–Crippen MR) is 94.3 cm³/mol. The zero-order valence-electron chi connectivity index (χ0n) is 13.3.